The molecule has 4 heteroatoms. The topological polar surface area (TPSA) is 44.9 Å². The average molecular weight is 421 g/mol. The van der Waals surface area contributed by atoms with Crippen molar-refractivity contribution in [1.29, 1.82) is 5.26 Å². The van der Waals surface area contributed by atoms with Crippen LogP contribution in [0.15, 0.2) is 91.3 Å². The molecule has 0 atom stereocenters. The van der Waals surface area contributed by atoms with E-state index >= 15 is 0 Å². The summed E-state index contributed by atoms with van der Waals surface area (Å²) in [6.07, 6.45) is 5.00. The van der Waals surface area contributed by atoms with Crippen molar-refractivity contribution >= 4 is 11.0 Å². The number of fused-ring (bicyclic) bond motifs is 1. The Morgan fingerprint density at radius 3 is 2.06 bits per heavy atom. The first-order valence-corrected chi connectivity index (χ1v) is 11.5. The zero-order valence-corrected chi connectivity index (χ0v) is 18.3. The minimum atomic E-state index is -0.625. The Bertz CT molecular complexity index is 1160. The zero-order valence-electron chi connectivity index (χ0n) is 18.3. The Hall–Kier alpha value is -3.42. The van der Waals surface area contributed by atoms with E-state index in [9.17, 15) is 5.26 Å². The highest BCUT2D eigenvalue weighted by molar-refractivity contribution is 5.75. The molecule has 0 bridgehead atoms. The standard InChI is InChI=1S/C28H28N4/c29-21-28(23-9-3-1-4-10-23,24-11-5-2-6-12-24)17-20-31-18-15-25(16-19-31)32-22-30-26-13-7-8-14-27(26)32/h1-14,22,25H,15-20H2. The molecule has 5 rings (SSSR count). The molecule has 0 aliphatic carbocycles. The van der Waals surface area contributed by atoms with Crippen LogP contribution in [-0.2, 0) is 5.41 Å². The molecule has 3 aromatic carbocycles. The number of imidazole rings is 1. The highest BCUT2D eigenvalue weighted by atomic mass is 15.2. The SMILES string of the molecule is N#CC(CCN1CCC(n2cnc3ccccc32)CC1)(c1ccccc1)c1ccccc1. The van der Waals surface area contributed by atoms with E-state index in [1.807, 2.05) is 48.8 Å². The van der Waals surface area contributed by atoms with E-state index < -0.39 is 5.41 Å². The van der Waals surface area contributed by atoms with Crippen LogP contribution >= 0.6 is 0 Å². The lowest BCUT2D eigenvalue weighted by Crippen LogP contribution is -2.38. The van der Waals surface area contributed by atoms with Crippen LogP contribution in [0.4, 0.5) is 0 Å². The second-order valence-electron chi connectivity index (χ2n) is 8.71. The maximum Gasteiger partial charge on any atom is 0.108 e. The van der Waals surface area contributed by atoms with Crippen LogP contribution in [-0.4, -0.2) is 34.1 Å². The summed E-state index contributed by atoms with van der Waals surface area (Å²) in [6.45, 7) is 3.00. The first kappa shape index (κ1) is 20.5. The minimum absolute atomic E-state index is 0.489. The van der Waals surface area contributed by atoms with E-state index in [0.717, 1.165) is 55.5 Å². The number of likely N-dealkylation sites (tertiary alicyclic amines) is 1. The van der Waals surface area contributed by atoms with Crippen LogP contribution < -0.4 is 0 Å². The summed E-state index contributed by atoms with van der Waals surface area (Å²) in [5.74, 6) is 0. The van der Waals surface area contributed by atoms with Crippen molar-refractivity contribution in [3.8, 4) is 6.07 Å². The zero-order chi connectivity index (χ0) is 21.8. The molecule has 0 saturated carbocycles. The van der Waals surface area contributed by atoms with E-state index in [1.54, 1.807) is 0 Å². The minimum Gasteiger partial charge on any atom is -0.327 e. The van der Waals surface area contributed by atoms with Gasteiger partial charge in [-0.3, -0.25) is 0 Å². The third kappa shape index (κ3) is 3.81. The molecule has 4 aromatic rings. The molecule has 2 heterocycles. The molecular formula is C28H28N4. The summed E-state index contributed by atoms with van der Waals surface area (Å²) >= 11 is 0. The predicted molar refractivity (Wildman–Crippen MR) is 128 cm³/mol. The molecular weight excluding hydrogens is 392 g/mol. The van der Waals surface area contributed by atoms with Crippen molar-refractivity contribution < 1.29 is 0 Å². The monoisotopic (exact) mass is 420 g/mol. The summed E-state index contributed by atoms with van der Waals surface area (Å²) in [5.41, 5.74) is 3.82. The van der Waals surface area contributed by atoms with Gasteiger partial charge >= 0.3 is 0 Å². The van der Waals surface area contributed by atoms with Gasteiger partial charge in [0.25, 0.3) is 0 Å². The van der Waals surface area contributed by atoms with E-state index in [4.69, 9.17) is 0 Å². The van der Waals surface area contributed by atoms with Gasteiger partial charge < -0.3 is 9.47 Å². The Kier molecular flexibility index (Phi) is 5.75. The van der Waals surface area contributed by atoms with Crippen molar-refractivity contribution in [1.82, 2.24) is 14.5 Å². The molecule has 1 saturated heterocycles. The summed E-state index contributed by atoms with van der Waals surface area (Å²) < 4.78 is 2.35. The third-order valence-electron chi connectivity index (χ3n) is 6.96. The number of para-hydroxylation sites is 2. The number of nitriles is 1. The molecule has 0 spiro atoms. The number of hydrogen-bond acceptors (Lipinski definition) is 3. The Labute approximate surface area is 189 Å². The number of hydrogen-bond donors (Lipinski definition) is 0. The smallest absolute Gasteiger partial charge is 0.108 e. The number of aromatic nitrogens is 2. The maximum atomic E-state index is 10.4. The number of rotatable bonds is 6. The lowest BCUT2D eigenvalue weighted by molar-refractivity contribution is 0.181. The second kappa shape index (κ2) is 8.98. The lowest BCUT2D eigenvalue weighted by Gasteiger charge is -2.35. The fourth-order valence-electron chi connectivity index (χ4n) is 5.10. The van der Waals surface area contributed by atoms with Gasteiger partial charge in [0.15, 0.2) is 0 Å². The van der Waals surface area contributed by atoms with E-state index in [0.29, 0.717) is 6.04 Å². The molecule has 0 unspecified atom stereocenters. The van der Waals surface area contributed by atoms with Gasteiger partial charge in [-0.05, 0) is 42.5 Å². The predicted octanol–water partition coefficient (Wildman–Crippen LogP) is 5.57. The van der Waals surface area contributed by atoms with Crippen molar-refractivity contribution in [3.05, 3.63) is 102 Å². The maximum absolute atomic E-state index is 10.4. The largest absolute Gasteiger partial charge is 0.327 e. The van der Waals surface area contributed by atoms with Crippen molar-refractivity contribution in [2.75, 3.05) is 19.6 Å². The van der Waals surface area contributed by atoms with Crippen molar-refractivity contribution in [2.45, 2.75) is 30.7 Å². The lowest BCUT2D eigenvalue weighted by atomic mass is 9.73. The van der Waals surface area contributed by atoms with Gasteiger partial charge in [0, 0.05) is 25.7 Å². The quantitative estimate of drug-likeness (QED) is 0.409. The van der Waals surface area contributed by atoms with Gasteiger partial charge in [0.1, 0.15) is 5.41 Å². The second-order valence-corrected chi connectivity index (χ2v) is 8.71. The van der Waals surface area contributed by atoms with Crippen LogP contribution in [0.2, 0.25) is 0 Å². The van der Waals surface area contributed by atoms with Gasteiger partial charge in [-0.25, -0.2) is 4.98 Å². The fourth-order valence-corrected chi connectivity index (χ4v) is 5.10. The van der Waals surface area contributed by atoms with E-state index in [1.165, 1.54) is 5.52 Å². The Morgan fingerprint density at radius 1 is 0.844 bits per heavy atom. The number of benzene rings is 3. The Morgan fingerprint density at radius 2 is 1.44 bits per heavy atom. The fraction of sp³-hybridized carbons (Fsp3) is 0.286. The molecule has 1 aliphatic rings. The van der Waals surface area contributed by atoms with Crippen LogP contribution in [0.25, 0.3) is 11.0 Å². The van der Waals surface area contributed by atoms with Gasteiger partial charge in [-0.15, -0.1) is 0 Å². The van der Waals surface area contributed by atoms with Gasteiger partial charge in [-0.1, -0.05) is 72.8 Å². The summed E-state index contributed by atoms with van der Waals surface area (Å²) in [6, 6.07) is 32.1. The first-order valence-electron chi connectivity index (χ1n) is 11.5. The van der Waals surface area contributed by atoms with Crippen molar-refractivity contribution in [3.63, 3.8) is 0 Å². The molecule has 1 aliphatic heterocycles. The molecule has 1 fully saturated rings. The normalized spacial score (nSPS) is 15.6. The highest BCUT2D eigenvalue weighted by Gasteiger charge is 2.35. The molecule has 32 heavy (non-hydrogen) atoms. The van der Waals surface area contributed by atoms with Crippen LogP contribution in [0, 0.1) is 11.3 Å². The molecule has 160 valence electrons. The van der Waals surface area contributed by atoms with Crippen LogP contribution in [0.3, 0.4) is 0 Å². The number of piperidine rings is 1. The van der Waals surface area contributed by atoms with Crippen LogP contribution in [0.5, 0.6) is 0 Å². The third-order valence-corrected chi connectivity index (χ3v) is 6.96. The summed E-state index contributed by atoms with van der Waals surface area (Å²) in [5, 5.41) is 10.4. The summed E-state index contributed by atoms with van der Waals surface area (Å²) in [7, 11) is 0. The van der Waals surface area contributed by atoms with Gasteiger partial charge in [0.05, 0.1) is 23.4 Å². The summed E-state index contributed by atoms with van der Waals surface area (Å²) in [4.78, 5) is 7.09. The van der Waals surface area contributed by atoms with E-state index in [2.05, 4.69) is 63.0 Å². The molecule has 0 N–H and O–H groups in total. The highest BCUT2D eigenvalue weighted by Crippen LogP contribution is 2.36. The first-order chi connectivity index (χ1) is 15.8. The van der Waals surface area contributed by atoms with Gasteiger partial charge in [0.2, 0.25) is 0 Å². The molecule has 0 amide bonds. The van der Waals surface area contributed by atoms with Crippen molar-refractivity contribution in [2.24, 2.45) is 0 Å². The molecule has 1 aromatic heterocycles. The molecule has 4 nitrogen and oxygen atoms in total. The molecule has 0 radical (unpaired) electrons. The van der Waals surface area contributed by atoms with E-state index in [-0.39, 0.29) is 0 Å². The van der Waals surface area contributed by atoms with Gasteiger partial charge in [-0.2, -0.15) is 5.26 Å². The average Bonchev–Trinajstić information content (AvgIpc) is 3.31. The van der Waals surface area contributed by atoms with Crippen LogP contribution in [0.1, 0.15) is 36.4 Å². The number of nitrogens with zero attached hydrogens (tertiary/aromatic N) is 4. The Balaban J connectivity index is 1.30.